The Bertz CT molecular complexity index is 1120. The lowest BCUT2D eigenvalue weighted by Gasteiger charge is -2.30. The molecule has 8 heteroatoms. The maximum atomic E-state index is 12.9. The second-order valence-corrected chi connectivity index (χ2v) is 8.97. The van der Waals surface area contributed by atoms with Gasteiger partial charge in [-0.3, -0.25) is 14.2 Å². The lowest BCUT2D eigenvalue weighted by Crippen LogP contribution is -2.41. The fourth-order valence-corrected chi connectivity index (χ4v) is 4.99. The molecule has 1 aliphatic heterocycles. The second kappa shape index (κ2) is 11.2. The number of esters is 1. The molecule has 0 atom stereocenters. The Hall–Kier alpha value is -3.26. The number of carbonyl (C=O) groups is 2. The Morgan fingerprint density at radius 1 is 1.09 bits per heavy atom. The molecule has 4 rings (SSSR count). The minimum atomic E-state index is -0.155. The van der Waals surface area contributed by atoms with E-state index in [4.69, 9.17) is 9.47 Å². The molecule has 2 aromatic carbocycles. The molecule has 0 bridgehead atoms. The summed E-state index contributed by atoms with van der Waals surface area (Å²) in [5.41, 5.74) is 2.90. The molecular formula is C26H29N3O4S. The molecule has 0 saturated carbocycles. The van der Waals surface area contributed by atoms with E-state index in [0.717, 1.165) is 27.9 Å². The van der Waals surface area contributed by atoms with Crippen LogP contribution in [0.1, 0.15) is 19.8 Å². The largest absolute Gasteiger partial charge is 0.497 e. The molecule has 34 heavy (non-hydrogen) atoms. The van der Waals surface area contributed by atoms with Crippen LogP contribution in [0.4, 0.5) is 0 Å². The Kier molecular flexibility index (Phi) is 7.90. The zero-order chi connectivity index (χ0) is 23.9. The number of methoxy groups -OCH3 is 1. The first-order chi connectivity index (χ1) is 16.6. The quantitative estimate of drug-likeness (QED) is 0.351. The number of aromatic nitrogens is 2. The summed E-state index contributed by atoms with van der Waals surface area (Å²) in [7, 11) is 1.64. The molecule has 0 N–H and O–H groups in total. The Balaban J connectivity index is 1.50. The molecular weight excluding hydrogens is 450 g/mol. The molecule has 0 aliphatic carbocycles. The molecule has 178 valence electrons. The average molecular weight is 480 g/mol. The van der Waals surface area contributed by atoms with Crippen LogP contribution in [0.2, 0.25) is 0 Å². The van der Waals surface area contributed by atoms with Crippen LogP contribution in [-0.4, -0.2) is 58.9 Å². The maximum Gasteiger partial charge on any atom is 0.309 e. The standard InChI is InChI=1S/C26H29N3O4S/c1-3-33-25(31)20-12-14-28(15-13-20)24(30)18-34-26-27-17-23(19-8-5-4-6-9-19)29(26)21-10-7-11-22(16-21)32-2/h4-11,16-17,20H,3,12-15,18H2,1-2H3. The van der Waals surface area contributed by atoms with Crippen LogP contribution in [-0.2, 0) is 14.3 Å². The van der Waals surface area contributed by atoms with E-state index in [1.54, 1.807) is 7.11 Å². The predicted octanol–water partition coefficient (Wildman–Crippen LogP) is 4.44. The maximum absolute atomic E-state index is 12.9. The number of benzene rings is 2. The SMILES string of the molecule is CCOC(=O)C1CCN(C(=O)CSc2ncc(-c3ccccc3)n2-c2cccc(OC)c2)CC1. The van der Waals surface area contributed by atoms with Crippen LogP contribution in [0.15, 0.2) is 66.0 Å². The van der Waals surface area contributed by atoms with E-state index in [1.807, 2.05) is 72.6 Å². The molecule has 0 spiro atoms. The third-order valence-corrected chi connectivity index (χ3v) is 6.84. The predicted molar refractivity (Wildman–Crippen MR) is 132 cm³/mol. The van der Waals surface area contributed by atoms with E-state index in [0.29, 0.717) is 32.5 Å². The van der Waals surface area contributed by atoms with Crippen molar-refractivity contribution in [3.8, 4) is 22.7 Å². The van der Waals surface area contributed by atoms with Crippen molar-refractivity contribution in [2.45, 2.75) is 24.9 Å². The Morgan fingerprint density at radius 2 is 1.85 bits per heavy atom. The number of hydrogen-bond acceptors (Lipinski definition) is 6. The zero-order valence-electron chi connectivity index (χ0n) is 19.5. The fourth-order valence-electron chi connectivity index (χ4n) is 4.09. The number of hydrogen-bond donors (Lipinski definition) is 0. The highest BCUT2D eigenvalue weighted by atomic mass is 32.2. The van der Waals surface area contributed by atoms with Crippen LogP contribution in [0, 0.1) is 5.92 Å². The van der Waals surface area contributed by atoms with Gasteiger partial charge in [0.05, 0.1) is 43.0 Å². The highest BCUT2D eigenvalue weighted by Crippen LogP contribution is 2.31. The van der Waals surface area contributed by atoms with Gasteiger partial charge in [-0.05, 0) is 31.9 Å². The average Bonchev–Trinajstić information content (AvgIpc) is 3.32. The molecule has 2 heterocycles. The van der Waals surface area contributed by atoms with E-state index in [-0.39, 0.29) is 23.5 Å². The first-order valence-electron chi connectivity index (χ1n) is 11.5. The number of carbonyl (C=O) groups excluding carboxylic acids is 2. The number of imidazole rings is 1. The van der Waals surface area contributed by atoms with E-state index in [2.05, 4.69) is 9.55 Å². The first-order valence-corrected chi connectivity index (χ1v) is 12.4. The van der Waals surface area contributed by atoms with Gasteiger partial charge in [-0.2, -0.15) is 0 Å². The van der Waals surface area contributed by atoms with E-state index in [9.17, 15) is 9.59 Å². The van der Waals surface area contributed by atoms with Gasteiger partial charge < -0.3 is 14.4 Å². The van der Waals surface area contributed by atoms with Crippen LogP contribution >= 0.6 is 11.8 Å². The summed E-state index contributed by atoms with van der Waals surface area (Å²) in [5.74, 6) is 0.810. The van der Waals surface area contributed by atoms with Gasteiger partial charge >= 0.3 is 5.97 Å². The van der Waals surface area contributed by atoms with Crippen molar-refractivity contribution < 1.29 is 19.1 Å². The van der Waals surface area contributed by atoms with Crippen molar-refractivity contribution in [2.24, 2.45) is 5.92 Å². The number of rotatable bonds is 8. The summed E-state index contributed by atoms with van der Waals surface area (Å²) >= 11 is 1.42. The van der Waals surface area contributed by atoms with Gasteiger partial charge in [-0.25, -0.2) is 4.98 Å². The summed E-state index contributed by atoms with van der Waals surface area (Å²) in [4.78, 5) is 31.4. The lowest BCUT2D eigenvalue weighted by molar-refractivity contribution is -0.151. The molecule has 1 aliphatic rings. The van der Waals surface area contributed by atoms with Crippen molar-refractivity contribution in [3.05, 3.63) is 60.8 Å². The lowest BCUT2D eigenvalue weighted by atomic mass is 9.97. The normalized spacial score (nSPS) is 14.1. The van der Waals surface area contributed by atoms with Gasteiger partial charge in [0.15, 0.2) is 5.16 Å². The topological polar surface area (TPSA) is 73.7 Å². The summed E-state index contributed by atoms with van der Waals surface area (Å²) in [5, 5.41) is 0.738. The highest BCUT2D eigenvalue weighted by molar-refractivity contribution is 7.99. The molecule has 3 aromatic rings. The van der Waals surface area contributed by atoms with Gasteiger partial charge in [-0.1, -0.05) is 48.2 Å². The van der Waals surface area contributed by atoms with Crippen molar-refractivity contribution in [1.82, 2.24) is 14.5 Å². The van der Waals surface area contributed by atoms with Crippen LogP contribution in [0.5, 0.6) is 5.75 Å². The number of amides is 1. The Labute approximate surface area is 204 Å². The minimum Gasteiger partial charge on any atom is -0.497 e. The number of thioether (sulfide) groups is 1. The van der Waals surface area contributed by atoms with Gasteiger partial charge in [0.25, 0.3) is 0 Å². The molecule has 0 radical (unpaired) electrons. The van der Waals surface area contributed by atoms with Crippen LogP contribution < -0.4 is 4.74 Å². The summed E-state index contributed by atoms with van der Waals surface area (Å²) in [6.07, 6.45) is 3.13. The van der Waals surface area contributed by atoms with E-state index >= 15 is 0 Å². The number of likely N-dealkylation sites (tertiary alicyclic amines) is 1. The first kappa shape index (κ1) is 23.9. The fraction of sp³-hybridized carbons (Fsp3) is 0.346. The van der Waals surface area contributed by atoms with Crippen molar-refractivity contribution in [1.29, 1.82) is 0 Å². The number of piperidine rings is 1. The summed E-state index contributed by atoms with van der Waals surface area (Å²) < 4.78 is 12.6. The number of nitrogens with zero attached hydrogens (tertiary/aromatic N) is 3. The van der Waals surface area contributed by atoms with Crippen LogP contribution in [0.25, 0.3) is 16.9 Å². The minimum absolute atomic E-state index is 0.0498. The van der Waals surface area contributed by atoms with Gasteiger partial charge in [-0.15, -0.1) is 0 Å². The molecule has 7 nitrogen and oxygen atoms in total. The van der Waals surface area contributed by atoms with Crippen molar-refractivity contribution in [2.75, 3.05) is 32.6 Å². The molecule has 0 unspecified atom stereocenters. The van der Waals surface area contributed by atoms with Gasteiger partial charge in [0.2, 0.25) is 5.91 Å². The Morgan fingerprint density at radius 3 is 2.56 bits per heavy atom. The summed E-state index contributed by atoms with van der Waals surface area (Å²) in [6, 6.07) is 17.9. The van der Waals surface area contributed by atoms with Gasteiger partial charge in [0, 0.05) is 24.7 Å². The van der Waals surface area contributed by atoms with Crippen molar-refractivity contribution in [3.63, 3.8) is 0 Å². The van der Waals surface area contributed by atoms with E-state index in [1.165, 1.54) is 11.8 Å². The monoisotopic (exact) mass is 479 g/mol. The molecule has 1 aromatic heterocycles. The molecule has 1 saturated heterocycles. The highest BCUT2D eigenvalue weighted by Gasteiger charge is 2.28. The number of ether oxygens (including phenoxy) is 2. The second-order valence-electron chi connectivity index (χ2n) is 8.02. The third kappa shape index (κ3) is 5.44. The zero-order valence-corrected chi connectivity index (χ0v) is 20.3. The van der Waals surface area contributed by atoms with E-state index < -0.39 is 0 Å². The molecule has 1 fully saturated rings. The van der Waals surface area contributed by atoms with Crippen LogP contribution in [0.3, 0.4) is 0 Å². The third-order valence-electron chi connectivity index (χ3n) is 5.90. The molecule has 1 amide bonds. The summed E-state index contributed by atoms with van der Waals surface area (Å²) in [6.45, 7) is 3.34. The smallest absolute Gasteiger partial charge is 0.309 e. The van der Waals surface area contributed by atoms with Crippen molar-refractivity contribution >= 4 is 23.6 Å². The van der Waals surface area contributed by atoms with Gasteiger partial charge in [0.1, 0.15) is 5.75 Å².